The van der Waals surface area contributed by atoms with Gasteiger partial charge in [0.2, 0.25) is 0 Å². The van der Waals surface area contributed by atoms with Gasteiger partial charge in [-0.25, -0.2) is 0 Å². The molecule has 0 heterocycles. The molecular formula is C17H22O2. The monoisotopic (exact) mass is 258 g/mol. The first-order valence-corrected chi connectivity index (χ1v) is 6.66. The molecule has 0 atom stereocenters. The standard InChI is InChI=1S/C13H12.C4H10O2/c1-3-7-12(8-4-1)11-13-9-5-2-6-10-13;1-2-3-4(5)6/h1-10H,11H2;4-6H,2-3H2,1H3. The van der Waals surface area contributed by atoms with Crippen molar-refractivity contribution < 1.29 is 10.2 Å². The van der Waals surface area contributed by atoms with Gasteiger partial charge in [-0.3, -0.25) is 0 Å². The second-order valence-electron chi connectivity index (χ2n) is 4.42. The van der Waals surface area contributed by atoms with Crippen LogP contribution in [-0.2, 0) is 6.42 Å². The van der Waals surface area contributed by atoms with Gasteiger partial charge in [-0.05, 0) is 24.0 Å². The number of rotatable bonds is 4. The Morgan fingerprint density at radius 2 is 1.21 bits per heavy atom. The molecule has 0 aliphatic heterocycles. The summed E-state index contributed by atoms with van der Waals surface area (Å²) in [5.74, 6) is 0. The maximum absolute atomic E-state index is 8.11. The van der Waals surface area contributed by atoms with E-state index in [0.29, 0.717) is 6.42 Å². The van der Waals surface area contributed by atoms with Gasteiger partial charge in [-0.15, -0.1) is 0 Å². The van der Waals surface area contributed by atoms with Crippen LogP contribution in [-0.4, -0.2) is 16.5 Å². The van der Waals surface area contributed by atoms with Gasteiger partial charge in [0.1, 0.15) is 0 Å². The zero-order chi connectivity index (χ0) is 13.9. The van der Waals surface area contributed by atoms with E-state index in [1.54, 1.807) is 0 Å². The van der Waals surface area contributed by atoms with Gasteiger partial charge in [0.25, 0.3) is 0 Å². The van der Waals surface area contributed by atoms with Gasteiger partial charge in [-0.2, -0.15) is 0 Å². The summed E-state index contributed by atoms with van der Waals surface area (Å²) >= 11 is 0. The number of benzene rings is 2. The van der Waals surface area contributed by atoms with E-state index in [1.807, 2.05) is 6.92 Å². The lowest BCUT2D eigenvalue weighted by Gasteiger charge is -2.00. The van der Waals surface area contributed by atoms with Gasteiger partial charge in [-0.1, -0.05) is 74.0 Å². The molecule has 2 heteroatoms. The van der Waals surface area contributed by atoms with E-state index in [9.17, 15) is 0 Å². The number of hydrogen-bond acceptors (Lipinski definition) is 2. The Morgan fingerprint density at radius 3 is 1.47 bits per heavy atom. The van der Waals surface area contributed by atoms with Crippen LogP contribution in [0.15, 0.2) is 60.7 Å². The second-order valence-corrected chi connectivity index (χ2v) is 4.42. The molecule has 2 nitrogen and oxygen atoms in total. The minimum Gasteiger partial charge on any atom is -0.368 e. The molecule has 2 N–H and O–H groups in total. The highest BCUT2D eigenvalue weighted by Crippen LogP contribution is 2.07. The number of aliphatic hydroxyl groups is 2. The van der Waals surface area contributed by atoms with E-state index < -0.39 is 6.29 Å². The Balaban J connectivity index is 0.000000258. The van der Waals surface area contributed by atoms with Crippen molar-refractivity contribution >= 4 is 0 Å². The molecule has 0 aliphatic carbocycles. The van der Waals surface area contributed by atoms with Crippen molar-refractivity contribution in [2.24, 2.45) is 0 Å². The third kappa shape index (κ3) is 7.39. The molecule has 0 aliphatic rings. The molecule has 0 amide bonds. The molecule has 0 fully saturated rings. The van der Waals surface area contributed by atoms with Crippen molar-refractivity contribution in [1.29, 1.82) is 0 Å². The average molecular weight is 258 g/mol. The summed E-state index contributed by atoms with van der Waals surface area (Å²) in [6.07, 6.45) is 1.24. The molecule has 19 heavy (non-hydrogen) atoms. The Bertz CT molecular complexity index is 386. The lowest BCUT2D eigenvalue weighted by atomic mass is 10.1. The predicted molar refractivity (Wildman–Crippen MR) is 78.8 cm³/mol. The maximum Gasteiger partial charge on any atom is 0.151 e. The molecule has 0 spiro atoms. The first-order valence-electron chi connectivity index (χ1n) is 6.66. The third-order valence-electron chi connectivity index (χ3n) is 2.64. The zero-order valence-corrected chi connectivity index (χ0v) is 11.4. The molecule has 2 aromatic rings. The number of aliphatic hydroxyl groups excluding tert-OH is 1. The van der Waals surface area contributed by atoms with Crippen molar-refractivity contribution in [1.82, 2.24) is 0 Å². The summed E-state index contributed by atoms with van der Waals surface area (Å²) in [6.45, 7) is 1.90. The molecule has 102 valence electrons. The topological polar surface area (TPSA) is 40.5 Å². The zero-order valence-electron chi connectivity index (χ0n) is 11.4. The Labute approximate surface area is 115 Å². The van der Waals surface area contributed by atoms with Gasteiger partial charge in [0.15, 0.2) is 6.29 Å². The van der Waals surface area contributed by atoms with Crippen LogP contribution in [0.3, 0.4) is 0 Å². The van der Waals surface area contributed by atoms with E-state index in [-0.39, 0.29) is 0 Å². The summed E-state index contributed by atoms with van der Waals surface area (Å²) in [4.78, 5) is 0. The van der Waals surface area contributed by atoms with E-state index in [1.165, 1.54) is 11.1 Å². The van der Waals surface area contributed by atoms with Gasteiger partial charge >= 0.3 is 0 Å². The van der Waals surface area contributed by atoms with Crippen LogP contribution in [0.4, 0.5) is 0 Å². The van der Waals surface area contributed by atoms with Crippen LogP contribution in [0.2, 0.25) is 0 Å². The summed E-state index contributed by atoms with van der Waals surface area (Å²) in [7, 11) is 0. The summed E-state index contributed by atoms with van der Waals surface area (Å²) in [5.41, 5.74) is 2.74. The van der Waals surface area contributed by atoms with E-state index in [2.05, 4.69) is 60.7 Å². The van der Waals surface area contributed by atoms with E-state index in [0.717, 1.165) is 12.8 Å². The molecular weight excluding hydrogens is 236 g/mol. The van der Waals surface area contributed by atoms with Crippen LogP contribution in [0.25, 0.3) is 0 Å². The van der Waals surface area contributed by atoms with E-state index in [4.69, 9.17) is 10.2 Å². The van der Waals surface area contributed by atoms with Crippen molar-refractivity contribution in [3.05, 3.63) is 71.8 Å². The van der Waals surface area contributed by atoms with Crippen LogP contribution < -0.4 is 0 Å². The summed E-state index contributed by atoms with van der Waals surface area (Å²) in [6, 6.07) is 21.1. The fourth-order valence-electron chi connectivity index (χ4n) is 1.69. The quantitative estimate of drug-likeness (QED) is 0.825. The van der Waals surface area contributed by atoms with Crippen molar-refractivity contribution in [3.8, 4) is 0 Å². The van der Waals surface area contributed by atoms with Crippen LogP contribution in [0.1, 0.15) is 30.9 Å². The lowest BCUT2D eigenvalue weighted by Crippen LogP contribution is -2.01. The molecule has 0 saturated heterocycles. The van der Waals surface area contributed by atoms with Crippen molar-refractivity contribution in [2.75, 3.05) is 0 Å². The summed E-state index contributed by atoms with van der Waals surface area (Å²) in [5, 5.41) is 16.2. The van der Waals surface area contributed by atoms with Crippen LogP contribution in [0.5, 0.6) is 0 Å². The van der Waals surface area contributed by atoms with Gasteiger partial charge in [0.05, 0.1) is 0 Å². The fourth-order valence-corrected chi connectivity index (χ4v) is 1.69. The molecule has 0 aromatic heterocycles. The Morgan fingerprint density at radius 1 is 0.789 bits per heavy atom. The van der Waals surface area contributed by atoms with Gasteiger partial charge < -0.3 is 10.2 Å². The fraction of sp³-hybridized carbons (Fsp3) is 0.294. The highest BCUT2D eigenvalue weighted by Gasteiger charge is 1.92. The molecule has 0 saturated carbocycles. The summed E-state index contributed by atoms with van der Waals surface area (Å²) < 4.78 is 0. The number of hydrogen-bond donors (Lipinski definition) is 2. The van der Waals surface area contributed by atoms with Crippen molar-refractivity contribution in [3.63, 3.8) is 0 Å². The molecule has 0 unspecified atom stereocenters. The average Bonchev–Trinajstić information content (AvgIpc) is 2.41. The smallest absolute Gasteiger partial charge is 0.151 e. The third-order valence-corrected chi connectivity index (χ3v) is 2.64. The lowest BCUT2D eigenvalue weighted by molar-refractivity contribution is -0.0453. The molecule has 0 bridgehead atoms. The first-order chi connectivity index (χ1) is 9.22. The van der Waals surface area contributed by atoms with E-state index >= 15 is 0 Å². The second kappa shape index (κ2) is 9.31. The van der Waals surface area contributed by atoms with Crippen LogP contribution in [0, 0.1) is 0 Å². The Kier molecular flexibility index (Phi) is 7.56. The highest BCUT2D eigenvalue weighted by molar-refractivity contribution is 5.25. The largest absolute Gasteiger partial charge is 0.368 e. The predicted octanol–water partition coefficient (Wildman–Crippen LogP) is 3.37. The SMILES string of the molecule is CCCC(O)O.c1ccc(Cc2ccccc2)cc1. The molecule has 2 rings (SSSR count). The van der Waals surface area contributed by atoms with Crippen molar-refractivity contribution in [2.45, 2.75) is 32.5 Å². The normalized spacial score (nSPS) is 9.89. The van der Waals surface area contributed by atoms with Crippen LogP contribution >= 0.6 is 0 Å². The Hall–Kier alpha value is -1.64. The molecule has 2 aromatic carbocycles. The minimum absolute atomic E-state index is 0.486. The maximum atomic E-state index is 8.11. The minimum atomic E-state index is -1.10. The molecule has 0 radical (unpaired) electrons. The van der Waals surface area contributed by atoms with Gasteiger partial charge in [0, 0.05) is 0 Å². The highest BCUT2D eigenvalue weighted by atomic mass is 16.5. The first kappa shape index (κ1) is 15.4.